The predicted octanol–water partition coefficient (Wildman–Crippen LogP) is 2.05. The molecule has 0 aliphatic rings. The summed E-state index contributed by atoms with van der Waals surface area (Å²) in [6.45, 7) is 1.91. The van der Waals surface area contributed by atoms with Crippen LogP contribution in [0.5, 0.6) is 0 Å². The van der Waals surface area contributed by atoms with E-state index in [0.29, 0.717) is 12.1 Å². The van der Waals surface area contributed by atoms with E-state index in [1.807, 2.05) is 6.92 Å². The van der Waals surface area contributed by atoms with Crippen molar-refractivity contribution in [3.63, 3.8) is 0 Å². The first kappa shape index (κ1) is 13.0. The lowest BCUT2D eigenvalue weighted by atomic mass is 10.1. The Morgan fingerprint density at radius 2 is 1.82 bits per heavy atom. The number of carbonyl (C=O) groups is 2. The molecule has 1 aromatic carbocycles. The second kappa shape index (κ2) is 5.89. The highest BCUT2D eigenvalue weighted by atomic mass is 16.4. The molecule has 0 saturated heterocycles. The van der Waals surface area contributed by atoms with E-state index in [4.69, 9.17) is 10.2 Å². The summed E-state index contributed by atoms with van der Waals surface area (Å²) in [5.41, 5.74) is 0.786. The van der Waals surface area contributed by atoms with E-state index in [0.717, 1.165) is 6.42 Å². The fourth-order valence-electron chi connectivity index (χ4n) is 1.46. The average molecular weight is 237 g/mol. The van der Waals surface area contributed by atoms with Crippen LogP contribution in [0.25, 0.3) is 0 Å². The van der Waals surface area contributed by atoms with Gasteiger partial charge in [0.25, 0.3) is 0 Å². The molecule has 0 amide bonds. The van der Waals surface area contributed by atoms with Gasteiger partial charge in [0.2, 0.25) is 0 Å². The summed E-state index contributed by atoms with van der Waals surface area (Å²) in [5.74, 6) is -1.91. The number of aliphatic carboxylic acids is 1. The lowest BCUT2D eigenvalue weighted by Crippen LogP contribution is -2.28. The smallest absolute Gasteiger partial charge is 0.335 e. The molecule has 5 nitrogen and oxygen atoms in total. The van der Waals surface area contributed by atoms with Crippen molar-refractivity contribution in [3.05, 3.63) is 29.8 Å². The minimum atomic E-state index is -1.00. The zero-order valence-electron chi connectivity index (χ0n) is 9.51. The van der Waals surface area contributed by atoms with Crippen molar-refractivity contribution in [2.75, 3.05) is 5.32 Å². The molecule has 3 N–H and O–H groups in total. The average Bonchev–Trinajstić information content (AvgIpc) is 2.29. The molecule has 0 spiro atoms. The molecule has 0 fully saturated rings. The quantitative estimate of drug-likeness (QED) is 0.704. The molecule has 0 saturated carbocycles. The van der Waals surface area contributed by atoms with E-state index in [2.05, 4.69) is 5.32 Å². The van der Waals surface area contributed by atoms with Gasteiger partial charge in [0, 0.05) is 5.69 Å². The van der Waals surface area contributed by atoms with E-state index in [-0.39, 0.29) is 5.56 Å². The Kier molecular flexibility index (Phi) is 4.51. The van der Waals surface area contributed by atoms with Crippen LogP contribution in [0.15, 0.2) is 24.3 Å². The van der Waals surface area contributed by atoms with Gasteiger partial charge >= 0.3 is 11.9 Å². The molecule has 0 radical (unpaired) electrons. The largest absolute Gasteiger partial charge is 0.480 e. The Hall–Kier alpha value is -2.04. The Morgan fingerprint density at radius 1 is 1.24 bits per heavy atom. The SMILES string of the molecule is CCCC(Nc1ccc(C(=O)O)cc1)C(=O)O. The first-order valence-corrected chi connectivity index (χ1v) is 5.37. The second-order valence-corrected chi connectivity index (χ2v) is 3.71. The van der Waals surface area contributed by atoms with Gasteiger partial charge in [0.05, 0.1) is 5.56 Å². The number of nitrogens with one attached hydrogen (secondary N) is 1. The number of hydrogen-bond donors (Lipinski definition) is 3. The van der Waals surface area contributed by atoms with Crippen molar-refractivity contribution in [1.29, 1.82) is 0 Å². The van der Waals surface area contributed by atoms with E-state index < -0.39 is 18.0 Å². The monoisotopic (exact) mass is 237 g/mol. The topological polar surface area (TPSA) is 86.6 Å². The van der Waals surface area contributed by atoms with Crippen LogP contribution in [0, 0.1) is 0 Å². The molecule has 17 heavy (non-hydrogen) atoms. The summed E-state index contributed by atoms with van der Waals surface area (Å²) in [4.78, 5) is 21.5. The van der Waals surface area contributed by atoms with Gasteiger partial charge in [0.15, 0.2) is 0 Å². The maximum absolute atomic E-state index is 10.9. The van der Waals surface area contributed by atoms with Crippen LogP contribution in [0.1, 0.15) is 30.1 Å². The predicted molar refractivity (Wildman–Crippen MR) is 63.4 cm³/mol. The molecule has 1 rings (SSSR count). The fraction of sp³-hybridized carbons (Fsp3) is 0.333. The Bertz CT molecular complexity index is 399. The number of hydrogen-bond acceptors (Lipinski definition) is 3. The van der Waals surface area contributed by atoms with Crippen molar-refractivity contribution in [2.24, 2.45) is 0 Å². The normalized spacial score (nSPS) is 11.8. The molecule has 1 aromatic rings. The third kappa shape index (κ3) is 3.79. The molecule has 0 heterocycles. The summed E-state index contributed by atoms with van der Waals surface area (Å²) < 4.78 is 0. The van der Waals surface area contributed by atoms with Gasteiger partial charge in [0.1, 0.15) is 6.04 Å². The summed E-state index contributed by atoms with van der Waals surface area (Å²) in [6, 6.07) is 5.37. The third-order valence-corrected chi connectivity index (χ3v) is 2.35. The summed E-state index contributed by atoms with van der Waals surface area (Å²) in [7, 11) is 0. The molecule has 92 valence electrons. The van der Waals surface area contributed by atoms with Crippen LogP contribution in [-0.2, 0) is 4.79 Å². The number of rotatable bonds is 6. The number of benzene rings is 1. The summed E-state index contributed by atoms with van der Waals surface area (Å²) in [6.07, 6.45) is 1.28. The van der Waals surface area contributed by atoms with Crippen LogP contribution in [-0.4, -0.2) is 28.2 Å². The molecular formula is C12H15NO4. The molecule has 0 aliphatic heterocycles. The van der Waals surface area contributed by atoms with Crippen molar-refractivity contribution >= 4 is 17.6 Å². The summed E-state index contributed by atoms with van der Waals surface area (Å²) >= 11 is 0. The zero-order chi connectivity index (χ0) is 12.8. The van der Waals surface area contributed by atoms with Gasteiger partial charge in [-0.2, -0.15) is 0 Å². The van der Waals surface area contributed by atoms with Crippen LogP contribution in [0.4, 0.5) is 5.69 Å². The Labute approximate surface area is 99.1 Å². The number of carboxylic acid groups (broad SMARTS) is 2. The molecular weight excluding hydrogens is 222 g/mol. The molecule has 0 bridgehead atoms. The summed E-state index contributed by atoms with van der Waals surface area (Å²) in [5, 5.41) is 20.5. The maximum Gasteiger partial charge on any atom is 0.335 e. The van der Waals surface area contributed by atoms with E-state index in [9.17, 15) is 9.59 Å². The van der Waals surface area contributed by atoms with Gasteiger partial charge in [-0.3, -0.25) is 0 Å². The Morgan fingerprint density at radius 3 is 2.24 bits per heavy atom. The molecule has 0 aliphatic carbocycles. The van der Waals surface area contributed by atoms with Crippen LogP contribution in [0.3, 0.4) is 0 Å². The van der Waals surface area contributed by atoms with Gasteiger partial charge in [-0.15, -0.1) is 0 Å². The Balaban J connectivity index is 2.73. The minimum Gasteiger partial charge on any atom is -0.480 e. The van der Waals surface area contributed by atoms with Gasteiger partial charge in [-0.1, -0.05) is 13.3 Å². The van der Waals surface area contributed by atoms with Gasteiger partial charge < -0.3 is 15.5 Å². The highest BCUT2D eigenvalue weighted by Gasteiger charge is 2.15. The molecule has 1 unspecified atom stereocenters. The highest BCUT2D eigenvalue weighted by Crippen LogP contribution is 2.12. The molecule has 5 heteroatoms. The van der Waals surface area contributed by atoms with Crippen molar-refractivity contribution < 1.29 is 19.8 Å². The van der Waals surface area contributed by atoms with Crippen LogP contribution < -0.4 is 5.32 Å². The lowest BCUT2D eigenvalue weighted by Gasteiger charge is -2.14. The van der Waals surface area contributed by atoms with E-state index >= 15 is 0 Å². The molecule has 1 atom stereocenters. The molecule has 0 aromatic heterocycles. The third-order valence-electron chi connectivity index (χ3n) is 2.35. The second-order valence-electron chi connectivity index (χ2n) is 3.71. The first-order chi connectivity index (χ1) is 8.04. The van der Waals surface area contributed by atoms with E-state index in [1.54, 1.807) is 12.1 Å². The van der Waals surface area contributed by atoms with Gasteiger partial charge in [-0.25, -0.2) is 9.59 Å². The number of aromatic carboxylic acids is 1. The zero-order valence-corrected chi connectivity index (χ0v) is 9.51. The highest BCUT2D eigenvalue weighted by molar-refractivity contribution is 5.88. The maximum atomic E-state index is 10.9. The number of carboxylic acids is 2. The van der Waals surface area contributed by atoms with E-state index in [1.165, 1.54) is 12.1 Å². The van der Waals surface area contributed by atoms with Crippen molar-refractivity contribution in [2.45, 2.75) is 25.8 Å². The van der Waals surface area contributed by atoms with Crippen LogP contribution in [0.2, 0.25) is 0 Å². The number of anilines is 1. The van der Waals surface area contributed by atoms with Crippen LogP contribution >= 0.6 is 0 Å². The van der Waals surface area contributed by atoms with Gasteiger partial charge in [-0.05, 0) is 30.7 Å². The standard InChI is InChI=1S/C12H15NO4/c1-2-3-10(12(16)17)13-9-6-4-8(5-7-9)11(14)15/h4-7,10,13H,2-3H2,1H3,(H,14,15)(H,16,17). The minimum absolute atomic E-state index is 0.179. The first-order valence-electron chi connectivity index (χ1n) is 5.37. The fourth-order valence-corrected chi connectivity index (χ4v) is 1.46. The van der Waals surface area contributed by atoms with Crippen molar-refractivity contribution in [3.8, 4) is 0 Å². The lowest BCUT2D eigenvalue weighted by molar-refractivity contribution is -0.138. The van der Waals surface area contributed by atoms with Crippen molar-refractivity contribution in [1.82, 2.24) is 0 Å².